The average Bonchev–Trinajstić information content (AvgIpc) is 3.29. The molecule has 0 bridgehead atoms. The lowest BCUT2D eigenvalue weighted by atomic mass is 10.0. The van der Waals surface area contributed by atoms with E-state index < -0.39 is 5.97 Å². The van der Waals surface area contributed by atoms with Crippen LogP contribution in [0.2, 0.25) is 5.02 Å². The van der Waals surface area contributed by atoms with Gasteiger partial charge in [-0.05, 0) is 31.0 Å². The molecular weight excluding hydrogens is 404 g/mol. The number of ether oxygens (including phenoxy) is 2. The van der Waals surface area contributed by atoms with Crippen molar-refractivity contribution in [2.45, 2.75) is 18.9 Å². The molecule has 154 valence electrons. The van der Waals surface area contributed by atoms with Crippen molar-refractivity contribution in [1.82, 2.24) is 10.3 Å². The minimum atomic E-state index is -0.589. The smallest absolute Gasteiger partial charge is 0.339 e. The molecule has 2 heterocycles. The van der Waals surface area contributed by atoms with Crippen LogP contribution in [0.15, 0.2) is 54.6 Å². The maximum Gasteiger partial charge on any atom is 0.339 e. The van der Waals surface area contributed by atoms with Crippen LogP contribution in [-0.4, -0.2) is 42.7 Å². The molecule has 1 N–H and O–H groups in total. The Balaban J connectivity index is 1.52. The van der Waals surface area contributed by atoms with Crippen LogP contribution in [0.1, 0.15) is 23.2 Å². The summed E-state index contributed by atoms with van der Waals surface area (Å²) in [5, 5.41) is 3.93. The number of halogens is 1. The fraction of sp³-hybridized carbons (Fsp3) is 0.261. The fourth-order valence-corrected chi connectivity index (χ4v) is 3.68. The van der Waals surface area contributed by atoms with Gasteiger partial charge < -0.3 is 14.8 Å². The Morgan fingerprint density at radius 1 is 1.17 bits per heavy atom. The van der Waals surface area contributed by atoms with Crippen molar-refractivity contribution in [3.8, 4) is 11.3 Å². The summed E-state index contributed by atoms with van der Waals surface area (Å²) in [7, 11) is 0. The van der Waals surface area contributed by atoms with E-state index in [1.165, 1.54) is 0 Å². The van der Waals surface area contributed by atoms with Crippen molar-refractivity contribution >= 4 is 34.4 Å². The number of pyridine rings is 1. The summed E-state index contributed by atoms with van der Waals surface area (Å²) in [6, 6.07) is 16.2. The van der Waals surface area contributed by atoms with Crippen molar-refractivity contribution in [2.24, 2.45) is 0 Å². The van der Waals surface area contributed by atoms with Gasteiger partial charge in [0, 0.05) is 29.1 Å². The van der Waals surface area contributed by atoms with Gasteiger partial charge in [-0.1, -0.05) is 48.0 Å². The number of carbonyl (C=O) groups excluding carboxylic acids is 2. The highest BCUT2D eigenvalue weighted by Gasteiger charge is 2.19. The molecule has 6 nitrogen and oxygen atoms in total. The molecular formula is C23H21ClN2O4. The van der Waals surface area contributed by atoms with Crippen molar-refractivity contribution in [1.29, 1.82) is 0 Å². The summed E-state index contributed by atoms with van der Waals surface area (Å²) in [5.74, 6) is -0.947. The molecule has 0 radical (unpaired) electrons. The van der Waals surface area contributed by atoms with Crippen molar-refractivity contribution in [3.05, 3.63) is 65.2 Å². The van der Waals surface area contributed by atoms with E-state index in [1.807, 2.05) is 36.4 Å². The molecule has 1 atom stereocenters. The zero-order chi connectivity index (χ0) is 20.9. The number of esters is 1. The van der Waals surface area contributed by atoms with E-state index >= 15 is 0 Å². The first-order valence-corrected chi connectivity index (χ1v) is 10.2. The lowest BCUT2D eigenvalue weighted by molar-refractivity contribution is -0.124. The molecule has 0 saturated carbocycles. The van der Waals surface area contributed by atoms with Crippen LogP contribution in [0, 0.1) is 0 Å². The predicted octanol–water partition coefficient (Wildman–Crippen LogP) is 4.01. The fourth-order valence-electron chi connectivity index (χ4n) is 3.44. The van der Waals surface area contributed by atoms with E-state index in [0.717, 1.165) is 19.4 Å². The van der Waals surface area contributed by atoms with Crippen LogP contribution in [0.3, 0.4) is 0 Å². The number of fused-ring (bicyclic) bond motifs is 1. The van der Waals surface area contributed by atoms with E-state index in [-0.39, 0.29) is 18.6 Å². The molecule has 0 aliphatic carbocycles. The summed E-state index contributed by atoms with van der Waals surface area (Å²) in [5.41, 5.74) is 2.26. The van der Waals surface area contributed by atoms with Gasteiger partial charge in [-0.15, -0.1) is 0 Å². The molecule has 7 heteroatoms. The number of hydrogen-bond acceptors (Lipinski definition) is 5. The van der Waals surface area contributed by atoms with Gasteiger partial charge in [-0.3, -0.25) is 4.79 Å². The molecule has 2 aromatic carbocycles. The maximum atomic E-state index is 12.8. The van der Waals surface area contributed by atoms with Crippen LogP contribution in [0.5, 0.6) is 0 Å². The Bertz CT molecular complexity index is 1080. The van der Waals surface area contributed by atoms with E-state index in [2.05, 4.69) is 10.3 Å². The number of nitrogens with zero attached hydrogens (tertiary/aromatic N) is 1. The summed E-state index contributed by atoms with van der Waals surface area (Å²) in [6.45, 7) is 0.785. The maximum absolute atomic E-state index is 12.8. The number of carbonyl (C=O) groups is 2. The number of amides is 1. The quantitative estimate of drug-likeness (QED) is 0.605. The third-order valence-corrected chi connectivity index (χ3v) is 5.30. The molecule has 4 rings (SSSR count). The van der Waals surface area contributed by atoms with Gasteiger partial charge in [0.25, 0.3) is 5.91 Å². The van der Waals surface area contributed by atoms with Crippen LogP contribution < -0.4 is 5.32 Å². The molecule has 1 fully saturated rings. The standard InChI is InChI=1S/C23H21ClN2O4/c24-19-9-3-1-8-17(19)21-12-18(16-7-2-4-10-20(16)26-21)23(28)30-14-22(27)25-13-15-6-5-11-29-15/h1-4,7-10,12,15H,5-6,11,13-14H2,(H,25,27)/t15-/m0/s1. The van der Waals surface area contributed by atoms with E-state index in [0.29, 0.717) is 39.3 Å². The highest BCUT2D eigenvalue weighted by molar-refractivity contribution is 6.33. The lowest BCUT2D eigenvalue weighted by Gasteiger charge is -2.12. The van der Waals surface area contributed by atoms with Gasteiger partial charge in [-0.25, -0.2) is 9.78 Å². The monoisotopic (exact) mass is 424 g/mol. The Kier molecular flexibility index (Phi) is 6.26. The first-order valence-electron chi connectivity index (χ1n) is 9.82. The Hall–Kier alpha value is -2.96. The number of nitrogens with one attached hydrogen (secondary N) is 1. The molecule has 1 amide bonds. The van der Waals surface area contributed by atoms with Crippen molar-refractivity contribution in [3.63, 3.8) is 0 Å². The molecule has 1 aliphatic heterocycles. The normalized spacial score (nSPS) is 15.8. The second-order valence-electron chi connectivity index (χ2n) is 7.07. The van der Waals surface area contributed by atoms with Gasteiger partial charge in [-0.2, -0.15) is 0 Å². The number of para-hydroxylation sites is 1. The first kappa shape index (κ1) is 20.3. The number of rotatable bonds is 6. The predicted molar refractivity (Wildman–Crippen MR) is 114 cm³/mol. The molecule has 30 heavy (non-hydrogen) atoms. The second-order valence-corrected chi connectivity index (χ2v) is 7.47. The van der Waals surface area contributed by atoms with Gasteiger partial charge >= 0.3 is 5.97 Å². The zero-order valence-electron chi connectivity index (χ0n) is 16.3. The molecule has 1 aromatic heterocycles. The van der Waals surface area contributed by atoms with Crippen LogP contribution in [-0.2, 0) is 14.3 Å². The van der Waals surface area contributed by atoms with Crippen LogP contribution in [0.25, 0.3) is 22.2 Å². The summed E-state index contributed by atoms with van der Waals surface area (Å²) in [6.07, 6.45) is 1.96. The SMILES string of the molecule is O=C(COC(=O)c1cc(-c2ccccc2Cl)nc2ccccc12)NC[C@@H]1CCCO1. The van der Waals surface area contributed by atoms with Gasteiger partial charge in [0.1, 0.15) is 0 Å². The second kappa shape index (κ2) is 9.24. The highest BCUT2D eigenvalue weighted by atomic mass is 35.5. The average molecular weight is 425 g/mol. The first-order chi connectivity index (χ1) is 14.6. The molecule has 0 spiro atoms. The topological polar surface area (TPSA) is 77.5 Å². The number of aromatic nitrogens is 1. The Labute approximate surface area is 179 Å². The van der Waals surface area contributed by atoms with Gasteiger partial charge in [0.15, 0.2) is 6.61 Å². The van der Waals surface area contributed by atoms with Crippen LogP contribution in [0.4, 0.5) is 0 Å². The lowest BCUT2D eigenvalue weighted by Crippen LogP contribution is -2.34. The van der Waals surface area contributed by atoms with E-state index in [1.54, 1.807) is 18.2 Å². The molecule has 1 saturated heterocycles. The van der Waals surface area contributed by atoms with Gasteiger partial charge in [0.05, 0.1) is 22.9 Å². The largest absolute Gasteiger partial charge is 0.452 e. The minimum Gasteiger partial charge on any atom is -0.452 e. The highest BCUT2D eigenvalue weighted by Crippen LogP contribution is 2.30. The zero-order valence-corrected chi connectivity index (χ0v) is 17.0. The number of hydrogen-bond donors (Lipinski definition) is 1. The van der Waals surface area contributed by atoms with Crippen molar-refractivity contribution in [2.75, 3.05) is 19.8 Å². The van der Waals surface area contributed by atoms with E-state index in [4.69, 9.17) is 21.1 Å². The molecule has 0 unspecified atom stereocenters. The summed E-state index contributed by atoms with van der Waals surface area (Å²) < 4.78 is 10.8. The Morgan fingerprint density at radius 2 is 1.97 bits per heavy atom. The van der Waals surface area contributed by atoms with Crippen molar-refractivity contribution < 1.29 is 19.1 Å². The Morgan fingerprint density at radius 3 is 2.77 bits per heavy atom. The minimum absolute atomic E-state index is 0.0342. The van der Waals surface area contributed by atoms with Crippen LogP contribution >= 0.6 is 11.6 Å². The number of benzene rings is 2. The molecule has 1 aliphatic rings. The third kappa shape index (κ3) is 4.61. The summed E-state index contributed by atoms with van der Waals surface area (Å²) in [4.78, 5) is 29.5. The van der Waals surface area contributed by atoms with Gasteiger partial charge in [0.2, 0.25) is 0 Å². The summed E-state index contributed by atoms with van der Waals surface area (Å²) >= 11 is 6.31. The van der Waals surface area contributed by atoms with E-state index in [9.17, 15) is 9.59 Å². The molecule has 3 aromatic rings. The third-order valence-electron chi connectivity index (χ3n) is 4.97.